The van der Waals surface area contributed by atoms with Crippen LogP contribution in [-0.4, -0.2) is 20.9 Å². The monoisotopic (exact) mass is 339 g/mol. The molecule has 1 aromatic heterocycles. The Hall–Kier alpha value is -3.22. The van der Waals surface area contributed by atoms with E-state index in [2.05, 4.69) is 15.6 Å². The standard InChI is InChI=1S/C18H18FN5O/c1-11-6-7-12(2)13(8-11)10-24-17(20)16(22-23-24)18(25)21-15-5-3-4-14(19)9-15/h3-9H,10,20H2,1-2H3,(H,21,25). The third kappa shape index (κ3) is 3.65. The Morgan fingerprint density at radius 1 is 1.24 bits per heavy atom. The van der Waals surface area contributed by atoms with Gasteiger partial charge in [-0.3, -0.25) is 4.79 Å². The molecule has 0 spiro atoms. The number of rotatable bonds is 4. The zero-order valence-electron chi connectivity index (χ0n) is 14.0. The van der Waals surface area contributed by atoms with E-state index in [0.717, 1.165) is 16.7 Å². The molecule has 2 aromatic carbocycles. The van der Waals surface area contributed by atoms with Gasteiger partial charge in [-0.1, -0.05) is 35.0 Å². The van der Waals surface area contributed by atoms with Crippen molar-refractivity contribution in [3.8, 4) is 0 Å². The van der Waals surface area contributed by atoms with Crippen LogP contribution in [0.1, 0.15) is 27.2 Å². The molecular weight excluding hydrogens is 321 g/mol. The summed E-state index contributed by atoms with van der Waals surface area (Å²) in [4.78, 5) is 12.3. The molecule has 0 bridgehead atoms. The minimum atomic E-state index is -0.532. The number of nitrogens with two attached hydrogens (primary N) is 1. The summed E-state index contributed by atoms with van der Waals surface area (Å²) < 4.78 is 14.7. The Kier molecular flexibility index (Phi) is 4.47. The van der Waals surface area contributed by atoms with Crippen LogP contribution in [0.25, 0.3) is 0 Å². The second kappa shape index (κ2) is 6.72. The molecule has 3 aromatic rings. The van der Waals surface area contributed by atoms with E-state index >= 15 is 0 Å². The number of carbonyl (C=O) groups is 1. The van der Waals surface area contributed by atoms with Gasteiger partial charge in [0.25, 0.3) is 5.91 Å². The van der Waals surface area contributed by atoms with Gasteiger partial charge in [0.15, 0.2) is 11.5 Å². The van der Waals surface area contributed by atoms with Gasteiger partial charge in [-0.05, 0) is 43.2 Å². The molecule has 3 N–H and O–H groups in total. The lowest BCUT2D eigenvalue weighted by Gasteiger charge is -2.08. The lowest BCUT2D eigenvalue weighted by molar-refractivity contribution is 0.102. The molecule has 128 valence electrons. The highest BCUT2D eigenvalue weighted by atomic mass is 19.1. The van der Waals surface area contributed by atoms with Crippen LogP contribution in [0, 0.1) is 19.7 Å². The summed E-state index contributed by atoms with van der Waals surface area (Å²) in [5.41, 5.74) is 9.64. The lowest BCUT2D eigenvalue weighted by Crippen LogP contribution is -2.15. The zero-order valence-corrected chi connectivity index (χ0v) is 14.0. The number of nitrogen functional groups attached to an aromatic ring is 1. The molecule has 0 fully saturated rings. The van der Waals surface area contributed by atoms with Crippen molar-refractivity contribution < 1.29 is 9.18 Å². The average Bonchev–Trinajstić information content (AvgIpc) is 2.92. The number of aromatic nitrogens is 3. The van der Waals surface area contributed by atoms with E-state index in [1.54, 1.807) is 6.07 Å². The number of hydrogen-bond donors (Lipinski definition) is 2. The fourth-order valence-corrected chi connectivity index (χ4v) is 2.49. The Morgan fingerprint density at radius 3 is 2.80 bits per heavy atom. The number of carbonyl (C=O) groups excluding carboxylic acids is 1. The van der Waals surface area contributed by atoms with Crippen molar-refractivity contribution in [2.24, 2.45) is 0 Å². The molecule has 3 rings (SSSR count). The maximum atomic E-state index is 13.2. The van der Waals surface area contributed by atoms with Crippen LogP contribution in [0.15, 0.2) is 42.5 Å². The summed E-state index contributed by atoms with van der Waals surface area (Å²) in [5.74, 6) is -0.811. The summed E-state index contributed by atoms with van der Waals surface area (Å²) in [6.45, 7) is 4.42. The van der Waals surface area contributed by atoms with Gasteiger partial charge in [-0.2, -0.15) is 0 Å². The second-order valence-electron chi connectivity index (χ2n) is 5.88. The van der Waals surface area contributed by atoms with Gasteiger partial charge in [0.2, 0.25) is 0 Å². The average molecular weight is 339 g/mol. The van der Waals surface area contributed by atoms with Crippen LogP contribution in [0.3, 0.4) is 0 Å². The number of anilines is 2. The maximum Gasteiger partial charge on any atom is 0.280 e. The molecule has 0 aliphatic rings. The summed E-state index contributed by atoms with van der Waals surface area (Å²) in [5, 5.41) is 10.4. The first kappa shape index (κ1) is 16.6. The van der Waals surface area contributed by atoms with Gasteiger partial charge in [0.05, 0.1) is 6.54 Å². The number of hydrogen-bond acceptors (Lipinski definition) is 4. The molecule has 25 heavy (non-hydrogen) atoms. The molecule has 1 amide bonds. The predicted molar refractivity (Wildman–Crippen MR) is 93.8 cm³/mol. The SMILES string of the molecule is Cc1ccc(C)c(Cn2nnc(C(=O)Nc3cccc(F)c3)c2N)c1. The van der Waals surface area contributed by atoms with Gasteiger partial charge < -0.3 is 11.1 Å². The second-order valence-corrected chi connectivity index (χ2v) is 5.88. The third-order valence-corrected chi connectivity index (χ3v) is 3.90. The first-order valence-corrected chi connectivity index (χ1v) is 7.76. The van der Waals surface area contributed by atoms with E-state index in [1.807, 2.05) is 32.0 Å². The highest BCUT2D eigenvalue weighted by Gasteiger charge is 2.18. The third-order valence-electron chi connectivity index (χ3n) is 3.90. The van der Waals surface area contributed by atoms with Gasteiger partial charge in [-0.25, -0.2) is 9.07 Å². The molecule has 0 radical (unpaired) electrons. The number of nitrogens with one attached hydrogen (secondary N) is 1. The van der Waals surface area contributed by atoms with Crippen LogP contribution in [0.4, 0.5) is 15.9 Å². The summed E-state index contributed by atoms with van der Waals surface area (Å²) in [7, 11) is 0. The van der Waals surface area contributed by atoms with E-state index in [1.165, 1.54) is 22.9 Å². The summed E-state index contributed by atoms with van der Waals surface area (Å²) >= 11 is 0. The number of nitrogens with zero attached hydrogens (tertiary/aromatic N) is 3. The number of benzene rings is 2. The number of amides is 1. The number of aryl methyl sites for hydroxylation is 2. The van der Waals surface area contributed by atoms with E-state index in [0.29, 0.717) is 12.2 Å². The van der Waals surface area contributed by atoms with Crippen molar-refractivity contribution >= 4 is 17.4 Å². The highest BCUT2D eigenvalue weighted by molar-refractivity contribution is 6.05. The van der Waals surface area contributed by atoms with Gasteiger partial charge >= 0.3 is 0 Å². The van der Waals surface area contributed by atoms with Crippen molar-refractivity contribution in [2.75, 3.05) is 11.1 Å². The minimum absolute atomic E-state index is 0.00886. The first-order chi connectivity index (χ1) is 11.9. The maximum absolute atomic E-state index is 13.2. The van der Waals surface area contributed by atoms with E-state index < -0.39 is 11.7 Å². The number of halogens is 1. The Labute approximate surface area is 144 Å². The Balaban J connectivity index is 1.81. The summed E-state index contributed by atoms with van der Waals surface area (Å²) in [6, 6.07) is 11.7. The van der Waals surface area contributed by atoms with Gasteiger partial charge in [0.1, 0.15) is 5.82 Å². The van der Waals surface area contributed by atoms with Gasteiger partial charge in [-0.15, -0.1) is 5.10 Å². The van der Waals surface area contributed by atoms with Crippen LogP contribution < -0.4 is 11.1 Å². The molecule has 0 saturated carbocycles. The molecule has 0 unspecified atom stereocenters. The molecule has 6 nitrogen and oxygen atoms in total. The molecule has 0 atom stereocenters. The lowest BCUT2D eigenvalue weighted by atomic mass is 10.1. The summed E-state index contributed by atoms with van der Waals surface area (Å²) in [6.07, 6.45) is 0. The normalized spacial score (nSPS) is 10.7. The smallest absolute Gasteiger partial charge is 0.280 e. The highest BCUT2D eigenvalue weighted by Crippen LogP contribution is 2.17. The van der Waals surface area contributed by atoms with Crippen molar-refractivity contribution in [3.05, 3.63) is 70.7 Å². The van der Waals surface area contributed by atoms with E-state index in [-0.39, 0.29) is 11.5 Å². The Morgan fingerprint density at radius 2 is 2.04 bits per heavy atom. The van der Waals surface area contributed by atoms with Crippen molar-refractivity contribution in [1.82, 2.24) is 15.0 Å². The zero-order chi connectivity index (χ0) is 18.0. The molecule has 0 saturated heterocycles. The minimum Gasteiger partial charge on any atom is -0.382 e. The van der Waals surface area contributed by atoms with Crippen LogP contribution in [0.2, 0.25) is 0 Å². The largest absolute Gasteiger partial charge is 0.382 e. The van der Waals surface area contributed by atoms with E-state index in [9.17, 15) is 9.18 Å². The molecular formula is C18H18FN5O. The van der Waals surface area contributed by atoms with Crippen LogP contribution in [-0.2, 0) is 6.54 Å². The molecule has 0 aliphatic heterocycles. The Bertz CT molecular complexity index is 935. The van der Waals surface area contributed by atoms with Crippen LogP contribution >= 0.6 is 0 Å². The molecule has 7 heteroatoms. The molecule has 0 aliphatic carbocycles. The fourth-order valence-electron chi connectivity index (χ4n) is 2.49. The van der Waals surface area contributed by atoms with Crippen molar-refractivity contribution in [1.29, 1.82) is 0 Å². The van der Waals surface area contributed by atoms with E-state index in [4.69, 9.17) is 5.73 Å². The first-order valence-electron chi connectivity index (χ1n) is 7.76. The topological polar surface area (TPSA) is 85.8 Å². The fraction of sp³-hybridized carbons (Fsp3) is 0.167. The quantitative estimate of drug-likeness (QED) is 0.765. The van der Waals surface area contributed by atoms with Crippen LogP contribution in [0.5, 0.6) is 0 Å². The van der Waals surface area contributed by atoms with Gasteiger partial charge in [0, 0.05) is 5.69 Å². The molecule has 1 heterocycles. The predicted octanol–water partition coefficient (Wildman–Crippen LogP) is 2.92. The van der Waals surface area contributed by atoms with Crippen molar-refractivity contribution in [2.45, 2.75) is 20.4 Å². The van der Waals surface area contributed by atoms with Crippen molar-refractivity contribution in [3.63, 3.8) is 0 Å².